The molecule has 0 saturated carbocycles. The van der Waals surface area contributed by atoms with Crippen LogP contribution in [-0.2, 0) is 24.0 Å². The van der Waals surface area contributed by atoms with Crippen LogP contribution < -0.4 is 5.32 Å². The number of carbonyl (C=O) groups excluding carboxylic acids is 3. The number of hydrogen-bond acceptors (Lipinski definition) is 7. The van der Waals surface area contributed by atoms with Gasteiger partial charge in [-0.2, -0.15) is 0 Å². The summed E-state index contributed by atoms with van der Waals surface area (Å²) >= 11 is 0. The van der Waals surface area contributed by atoms with Gasteiger partial charge in [0, 0.05) is 23.9 Å². The van der Waals surface area contributed by atoms with Crippen molar-refractivity contribution in [1.29, 1.82) is 0 Å². The monoisotopic (exact) mass is 471 g/mol. The molecule has 182 valence electrons. The summed E-state index contributed by atoms with van der Waals surface area (Å²) in [6.07, 6.45) is 1.53. The molecule has 3 atom stereocenters. The fraction of sp³-hybridized carbons (Fsp3) is 0.480. The number of nitrogens with zero attached hydrogens (tertiary/aromatic N) is 2. The molecule has 2 heterocycles. The van der Waals surface area contributed by atoms with Crippen molar-refractivity contribution in [2.75, 3.05) is 6.67 Å². The van der Waals surface area contributed by atoms with Crippen LogP contribution in [0, 0.1) is 5.92 Å². The molecule has 1 aliphatic heterocycles. The van der Waals surface area contributed by atoms with Crippen LogP contribution in [-0.4, -0.2) is 52.8 Å². The maximum atomic E-state index is 13.4. The van der Waals surface area contributed by atoms with E-state index in [0.717, 1.165) is 10.8 Å². The summed E-state index contributed by atoms with van der Waals surface area (Å²) in [6, 6.07) is 8.17. The molecule has 1 aromatic carbocycles. The number of Topliss-reactive ketones (excluding diaryl/α,β-unsaturated/α-hetero) is 1. The topological polar surface area (TPSA) is 107 Å². The number of ketones is 1. The Morgan fingerprint density at radius 1 is 1.21 bits per heavy atom. The van der Waals surface area contributed by atoms with E-state index in [1.807, 2.05) is 37.3 Å². The minimum absolute atomic E-state index is 0.103. The maximum absolute atomic E-state index is 13.4. The standard InChI is InChI=1S/C25H30FN3O5/c1-5-16(4)33-22(31)12-19(21(30)14-26)28-24(32)25(15(2)3)13-20(29-34-25)23-18-9-7-6-8-17(18)10-11-27-23/h6-11,15-16,19H,5,12-14H2,1-4H3,(H,28,32)/t16?,19-,25?/m0/s1. The number of ether oxygens (including phenoxy) is 1. The summed E-state index contributed by atoms with van der Waals surface area (Å²) in [4.78, 5) is 47.9. The lowest BCUT2D eigenvalue weighted by molar-refractivity contribution is -0.154. The van der Waals surface area contributed by atoms with Crippen LogP contribution in [0.2, 0.25) is 0 Å². The van der Waals surface area contributed by atoms with Crippen LogP contribution in [0.1, 0.15) is 52.7 Å². The van der Waals surface area contributed by atoms with Crippen molar-refractivity contribution in [3.05, 3.63) is 42.2 Å². The Kier molecular flexibility index (Phi) is 7.96. The first-order valence-corrected chi connectivity index (χ1v) is 11.4. The van der Waals surface area contributed by atoms with Crippen molar-refractivity contribution in [2.45, 2.75) is 64.7 Å². The summed E-state index contributed by atoms with van der Waals surface area (Å²) in [5.41, 5.74) is -0.351. The highest BCUT2D eigenvalue weighted by Crippen LogP contribution is 2.35. The Balaban J connectivity index is 1.82. The minimum atomic E-state index is -1.44. The summed E-state index contributed by atoms with van der Waals surface area (Å²) in [5, 5.41) is 8.53. The molecule has 1 amide bonds. The van der Waals surface area contributed by atoms with Crippen LogP contribution >= 0.6 is 0 Å². The second-order valence-corrected chi connectivity index (χ2v) is 8.77. The number of aromatic nitrogens is 1. The lowest BCUT2D eigenvalue weighted by Gasteiger charge is -2.30. The Labute approximate surface area is 197 Å². The van der Waals surface area contributed by atoms with Gasteiger partial charge in [-0.05, 0) is 24.8 Å². The summed E-state index contributed by atoms with van der Waals surface area (Å²) in [6.45, 7) is 5.81. The molecule has 0 saturated heterocycles. The number of rotatable bonds is 10. The fourth-order valence-corrected chi connectivity index (χ4v) is 3.76. The van der Waals surface area contributed by atoms with Crippen molar-refractivity contribution < 1.29 is 28.3 Å². The molecule has 1 aromatic heterocycles. The van der Waals surface area contributed by atoms with Crippen LogP contribution in [0.3, 0.4) is 0 Å². The second kappa shape index (κ2) is 10.7. The molecule has 34 heavy (non-hydrogen) atoms. The zero-order valence-electron chi connectivity index (χ0n) is 19.8. The van der Waals surface area contributed by atoms with Crippen LogP contribution in [0.4, 0.5) is 4.39 Å². The van der Waals surface area contributed by atoms with Crippen molar-refractivity contribution >= 4 is 34.1 Å². The molecular weight excluding hydrogens is 441 g/mol. The van der Waals surface area contributed by atoms with Gasteiger partial charge in [0.1, 0.15) is 18.4 Å². The number of oxime groups is 1. The number of fused-ring (bicyclic) bond motifs is 1. The Morgan fingerprint density at radius 2 is 1.94 bits per heavy atom. The van der Waals surface area contributed by atoms with Gasteiger partial charge in [0.05, 0.1) is 18.2 Å². The average Bonchev–Trinajstić information content (AvgIpc) is 3.29. The van der Waals surface area contributed by atoms with E-state index in [1.54, 1.807) is 27.0 Å². The molecule has 1 N–H and O–H groups in total. The van der Waals surface area contributed by atoms with E-state index in [-0.39, 0.29) is 18.4 Å². The first kappa shape index (κ1) is 25.3. The number of hydrogen-bond donors (Lipinski definition) is 1. The molecule has 0 radical (unpaired) electrons. The van der Waals surface area contributed by atoms with E-state index in [0.29, 0.717) is 17.8 Å². The summed E-state index contributed by atoms with van der Waals surface area (Å²) in [5.74, 6) is -2.60. The van der Waals surface area contributed by atoms with Crippen molar-refractivity contribution in [1.82, 2.24) is 10.3 Å². The predicted octanol–water partition coefficient (Wildman–Crippen LogP) is 3.51. The van der Waals surface area contributed by atoms with Gasteiger partial charge in [-0.1, -0.05) is 50.2 Å². The van der Waals surface area contributed by atoms with Crippen LogP contribution in [0.25, 0.3) is 10.8 Å². The van der Waals surface area contributed by atoms with E-state index in [1.165, 1.54) is 0 Å². The maximum Gasteiger partial charge on any atom is 0.308 e. The van der Waals surface area contributed by atoms with Crippen molar-refractivity contribution in [3.8, 4) is 0 Å². The van der Waals surface area contributed by atoms with Gasteiger partial charge >= 0.3 is 5.97 Å². The normalized spacial score (nSPS) is 19.3. The van der Waals surface area contributed by atoms with Crippen LogP contribution in [0.5, 0.6) is 0 Å². The minimum Gasteiger partial charge on any atom is -0.463 e. The lowest BCUT2D eigenvalue weighted by Crippen LogP contribution is -2.56. The van der Waals surface area contributed by atoms with E-state index < -0.39 is 42.4 Å². The summed E-state index contributed by atoms with van der Waals surface area (Å²) in [7, 11) is 0. The molecule has 8 nitrogen and oxygen atoms in total. The number of pyridine rings is 1. The van der Waals surface area contributed by atoms with E-state index in [2.05, 4.69) is 15.5 Å². The van der Waals surface area contributed by atoms with E-state index >= 15 is 0 Å². The van der Waals surface area contributed by atoms with Crippen LogP contribution in [0.15, 0.2) is 41.7 Å². The number of benzene rings is 1. The number of esters is 1. The highest BCUT2D eigenvalue weighted by atomic mass is 19.1. The molecule has 0 aliphatic carbocycles. The van der Waals surface area contributed by atoms with Gasteiger partial charge in [-0.3, -0.25) is 19.4 Å². The molecular formula is C25H30FN3O5. The van der Waals surface area contributed by atoms with E-state index in [9.17, 15) is 18.8 Å². The van der Waals surface area contributed by atoms with Crippen molar-refractivity contribution in [3.63, 3.8) is 0 Å². The molecule has 0 bridgehead atoms. The lowest BCUT2D eigenvalue weighted by atomic mass is 9.83. The fourth-order valence-electron chi connectivity index (χ4n) is 3.76. The second-order valence-electron chi connectivity index (χ2n) is 8.77. The molecule has 0 fully saturated rings. The predicted molar refractivity (Wildman–Crippen MR) is 125 cm³/mol. The first-order valence-electron chi connectivity index (χ1n) is 11.4. The first-order chi connectivity index (χ1) is 16.2. The molecule has 3 rings (SSSR count). The largest absolute Gasteiger partial charge is 0.463 e. The quantitative estimate of drug-likeness (QED) is 0.532. The Bertz CT molecular complexity index is 1100. The molecule has 1 aliphatic rings. The Hall–Kier alpha value is -3.36. The highest BCUT2D eigenvalue weighted by Gasteiger charge is 2.51. The Morgan fingerprint density at radius 3 is 2.62 bits per heavy atom. The third kappa shape index (κ3) is 5.24. The summed E-state index contributed by atoms with van der Waals surface area (Å²) < 4.78 is 18.4. The average molecular weight is 472 g/mol. The van der Waals surface area contributed by atoms with Gasteiger partial charge in [0.15, 0.2) is 5.78 Å². The van der Waals surface area contributed by atoms with E-state index in [4.69, 9.17) is 9.57 Å². The number of carbonyl (C=O) groups is 3. The molecule has 0 spiro atoms. The zero-order chi connectivity index (χ0) is 24.9. The van der Waals surface area contributed by atoms with Gasteiger partial charge in [0.25, 0.3) is 5.91 Å². The molecule has 2 unspecified atom stereocenters. The SMILES string of the molecule is CCC(C)OC(=O)C[C@H](NC(=O)C1(C(C)C)CC(c2nccc3ccccc23)=NO1)C(=O)CF. The third-order valence-electron chi connectivity index (χ3n) is 6.12. The number of nitrogens with one attached hydrogen (secondary N) is 1. The highest BCUT2D eigenvalue weighted by molar-refractivity contribution is 6.12. The number of halogens is 1. The van der Waals surface area contributed by atoms with Gasteiger partial charge in [0.2, 0.25) is 5.60 Å². The van der Waals surface area contributed by atoms with Gasteiger partial charge in [-0.25, -0.2) is 4.39 Å². The van der Waals surface area contributed by atoms with Gasteiger partial charge in [-0.15, -0.1) is 0 Å². The van der Waals surface area contributed by atoms with Crippen molar-refractivity contribution in [2.24, 2.45) is 11.1 Å². The number of alkyl halides is 1. The zero-order valence-corrected chi connectivity index (χ0v) is 19.8. The molecule has 9 heteroatoms. The molecule has 2 aromatic rings. The third-order valence-corrected chi connectivity index (χ3v) is 6.12. The smallest absolute Gasteiger partial charge is 0.308 e. The van der Waals surface area contributed by atoms with Gasteiger partial charge < -0.3 is 14.9 Å². The number of amides is 1.